The number of alkyl halides is 5. The highest BCUT2D eigenvalue weighted by molar-refractivity contribution is 5.69. The number of carboxylic acids is 1. The van der Waals surface area contributed by atoms with Crippen molar-refractivity contribution in [2.75, 3.05) is 0 Å². The zero-order valence-electron chi connectivity index (χ0n) is 24.6. The first-order valence-corrected chi connectivity index (χ1v) is 15.9. The molecule has 1 aromatic rings. The van der Waals surface area contributed by atoms with E-state index in [0.29, 0.717) is 35.8 Å². The Morgan fingerprint density at radius 1 is 0.976 bits per heavy atom. The van der Waals surface area contributed by atoms with Crippen LogP contribution in [0, 0.1) is 29.1 Å². The molecule has 42 heavy (non-hydrogen) atoms. The fourth-order valence-electron chi connectivity index (χ4n) is 8.74. The van der Waals surface area contributed by atoms with Crippen LogP contribution in [-0.2, 0) is 11.2 Å². The Labute approximate surface area is 246 Å². The molecule has 238 valence electrons. The molecule has 4 rings (SSSR count). The van der Waals surface area contributed by atoms with E-state index in [1.54, 1.807) is 0 Å². The van der Waals surface area contributed by atoms with Gasteiger partial charge in [-0.15, -0.1) is 0 Å². The van der Waals surface area contributed by atoms with Crippen LogP contribution in [0.5, 0.6) is 5.75 Å². The molecule has 0 aliphatic heterocycles. The topological polar surface area (TPSA) is 77.8 Å². The molecule has 3 aliphatic rings. The van der Waals surface area contributed by atoms with Crippen LogP contribution in [0.4, 0.5) is 22.0 Å². The quantitative estimate of drug-likeness (QED) is 0.147. The molecule has 1 aromatic carbocycles. The molecule has 0 saturated heterocycles. The van der Waals surface area contributed by atoms with E-state index in [2.05, 4.69) is 13.0 Å². The molecule has 7 atom stereocenters. The Morgan fingerprint density at radius 3 is 2.33 bits per heavy atom. The summed E-state index contributed by atoms with van der Waals surface area (Å²) in [5, 5.41) is 30.4. The van der Waals surface area contributed by atoms with E-state index < -0.39 is 36.8 Å². The lowest BCUT2D eigenvalue weighted by Crippen LogP contribution is -2.47. The summed E-state index contributed by atoms with van der Waals surface area (Å²) in [6.07, 6.45) is 4.01. The Hall–Kier alpha value is -1.90. The zero-order valence-corrected chi connectivity index (χ0v) is 24.6. The number of aliphatic carboxylic acids is 1. The lowest BCUT2D eigenvalue weighted by molar-refractivity contribution is -0.284. The van der Waals surface area contributed by atoms with Gasteiger partial charge in [-0.25, -0.2) is 0 Å². The summed E-state index contributed by atoms with van der Waals surface area (Å²) in [4.78, 5) is 11.5. The largest absolute Gasteiger partial charge is 0.508 e. The van der Waals surface area contributed by atoms with Gasteiger partial charge in [0.15, 0.2) is 0 Å². The van der Waals surface area contributed by atoms with Crippen LogP contribution in [-0.4, -0.2) is 39.5 Å². The minimum atomic E-state index is -5.60. The van der Waals surface area contributed by atoms with Gasteiger partial charge in [0.1, 0.15) is 5.75 Å². The molecule has 0 radical (unpaired) electrons. The van der Waals surface area contributed by atoms with Gasteiger partial charge in [0.05, 0.1) is 12.0 Å². The third kappa shape index (κ3) is 7.24. The Bertz CT molecular complexity index is 1060. The second-order valence-electron chi connectivity index (χ2n) is 13.6. The maximum atomic E-state index is 13.1. The number of aromatic hydroxyl groups is 1. The first-order valence-electron chi connectivity index (χ1n) is 15.9. The molecule has 0 bridgehead atoms. The van der Waals surface area contributed by atoms with E-state index in [-0.39, 0.29) is 24.4 Å². The van der Waals surface area contributed by atoms with Crippen LogP contribution in [0.1, 0.15) is 120 Å². The predicted octanol–water partition coefficient (Wildman–Crippen LogP) is 9.02. The number of carbonyl (C=O) groups is 1. The summed E-state index contributed by atoms with van der Waals surface area (Å²) >= 11 is 0. The fourth-order valence-corrected chi connectivity index (χ4v) is 8.74. The number of aliphatic hydroxyl groups is 1. The highest BCUT2D eigenvalue weighted by Gasteiger charge is 2.58. The number of unbranched alkanes of at least 4 members (excludes halogenated alkanes) is 5. The second-order valence-corrected chi connectivity index (χ2v) is 13.6. The Morgan fingerprint density at radius 2 is 1.64 bits per heavy atom. The zero-order chi connectivity index (χ0) is 30.7. The number of phenols is 1. The molecule has 2 saturated carbocycles. The molecule has 0 heterocycles. The number of fused-ring (bicyclic) bond motifs is 5. The molecule has 0 spiro atoms. The molecule has 3 aliphatic carbocycles. The lowest BCUT2D eigenvalue weighted by Gasteiger charge is -2.54. The summed E-state index contributed by atoms with van der Waals surface area (Å²) in [5.74, 6) is -4.47. The lowest BCUT2D eigenvalue weighted by atomic mass is 9.51. The maximum Gasteiger partial charge on any atom is 0.453 e. The fraction of sp³-hybridized carbons (Fsp3) is 0.788. The molecular formula is C33H47F5O4. The first-order chi connectivity index (χ1) is 19.7. The van der Waals surface area contributed by atoms with Crippen molar-refractivity contribution in [2.24, 2.45) is 29.1 Å². The molecule has 3 N–H and O–H groups in total. The summed E-state index contributed by atoms with van der Waals surface area (Å²) in [6.45, 7) is 2.29. The van der Waals surface area contributed by atoms with Gasteiger partial charge in [0.25, 0.3) is 0 Å². The number of phenolic OH excluding ortho intramolecular Hbond substituents is 1. The Kier molecular flexibility index (Phi) is 10.5. The number of rotatable bonds is 14. The maximum absolute atomic E-state index is 13.1. The number of benzene rings is 1. The van der Waals surface area contributed by atoms with Crippen molar-refractivity contribution in [2.45, 2.75) is 134 Å². The third-order valence-corrected chi connectivity index (χ3v) is 11.0. The number of halogens is 5. The smallest absolute Gasteiger partial charge is 0.453 e. The highest BCUT2D eigenvalue weighted by atomic mass is 19.4. The van der Waals surface area contributed by atoms with Crippen LogP contribution in [0.15, 0.2) is 18.2 Å². The number of hydrogen-bond acceptors (Lipinski definition) is 3. The number of carboxylic acid groups (broad SMARTS) is 1. The van der Waals surface area contributed by atoms with Crippen LogP contribution in [0.25, 0.3) is 0 Å². The van der Waals surface area contributed by atoms with Crippen LogP contribution in [0.2, 0.25) is 0 Å². The molecule has 0 amide bonds. The van der Waals surface area contributed by atoms with Crippen molar-refractivity contribution in [3.8, 4) is 5.75 Å². The molecule has 2 fully saturated rings. The molecule has 9 heteroatoms. The van der Waals surface area contributed by atoms with Gasteiger partial charge in [0.2, 0.25) is 0 Å². The molecule has 0 aromatic heterocycles. The van der Waals surface area contributed by atoms with Gasteiger partial charge in [-0.05, 0) is 110 Å². The number of hydrogen-bond donors (Lipinski definition) is 3. The second kappa shape index (κ2) is 13.4. The predicted molar refractivity (Wildman–Crippen MR) is 151 cm³/mol. The van der Waals surface area contributed by atoms with Crippen molar-refractivity contribution < 1.29 is 42.1 Å². The van der Waals surface area contributed by atoms with E-state index in [1.807, 2.05) is 12.1 Å². The summed E-state index contributed by atoms with van der Waals surface area (Å²) in [6, 6.07) is 5.85. The van der Waals surface area contributed by atoms with Crippen molar-refractivity contribution >= 4 is 5.97 Å². The average Bonchev–Trinajstić information content (AvgIpc) is 3.21. The molecule has 4 nitrogen and oxygen atoms in total. The van der Waals surface area contributed by atoms with Crippen LogP contribution >= 0.6 is 0 Å². The number of aryl methyl sites for hydroxylation is 1. The normalized spacial score (nSPS) is 29.9. The summed E-state index contributed by atoms with van der Waals surface area (Å²) in [5.41, 5.74) is 2.61. The van der Waals surface area contributed by atoms with Gasteiger partial charge in [-0.3, -0.25) is 4.79 Å². The van der Waals surface area contributed by atoms with Crippen molar-refractivity contribution in [3.05, 3.63) is 29.3 Å². The number of aliphatic hydroxyl groups excluding tert-OH is 1. The molecule has 4 unspecified atom stereocenters. The van der Waals surface area contributed by atoms with Crippen molar-refractivity contribution in [1.29, 1.82) is 0 Å². The minimum Gasteiger partial charge on any atom is -0.508 e. The van der Waals surface area contributed by atoms with E-state index in [1.165, 1.54) is 11.1 Å². The van der Waals surface area contributed by atoms with E-state index >= 15 is 0 Å². The highest BCUT2D eigenvalue weighted by Crippen LogP contribution is 2.63. The van der Waals surface area contributed by atoms with Crippen molar-refractivity contribution in [1.82, 2.24) is 0 Å². The summed E-state index contributed by atoms with van der Waals surface area (Å²) in [7, 11) is 0. The van der Waals surface area contributed by atoms with E-state index in [9.17, 15) is 42.1 Å². The SMILES string of the molecule is C[C@]12C[C@H](CCCCCCCCC(CCCC(F)(F)C(F)(F)F)C(=O)O)C3c4ccc(O)cc4CCC3C1CC[C@@H]2O. The van der Waals surface area contributed by atoms with E-state index in [0.717, 1.165) is 70.6 Å². The van der Waals surface area contributed by atoms with Crippen LogP contribution in [0.3, 0.4) is 0 Å². The van der Waals surface area contributed by atoms with E-state index in [4.69, 9.17) is 0 Å². The minimum absolute atomic E-state index is 0.0381. The third-order valence-electron chi connectivity index (χ3n) is 11.0. The monoisotopic (exact) mass is 602 g/mol. The average molecular weight is 603 g/mol. The van der Waals surface area contributed by atoms with Gasteiger partial charge in [-0.2, -0.15) is 22.0 Å². The Balaban J connectivity index is 1.21. The van der Waals surface area contributed by atoms with Gasteiger partial charge in [0, 0.05) is 6.42 Å². The molecular weight excluding hydrogens is 555 g/mol. The summed E-state index contributed by atoms with van der Waals surface area (Å²) < 4.78 is 63.3. The van der Waals surface area contributed by atoms with Crippen LogP contribution < -0.4 is 0 Å². The van der Waals surface area contributed by atoms with Crippen molar-refractivity contribution in [3.63, 3.8) is 0 Å². The van der Waals surface area contributed by atoms with Gasteiger partial charge < -0.3 is 15.3 Å². The van der Waals surface area contributed by atoms with Gasteiger partial charge >= 0.3 is 18.1 Å². The van der Waals surface area contributed by atoms with Gasteiger partial charge in [-0.1, -0.05) is 51.5 Å². The standard InChI is InChI=1S/C33H47F5O4/c1-31-20-23(29-25-15-13-24(39)19-22(25)12-14-26(29)27(31)16-17-28(31)40)10-7-5-3-2-4-6-9-21(30(41)42)11-8-18-32(34,35)33(36,37)38/h13,15,19,21,23,26-29,39-40H,2-12,14,16-18,20H2,1H3,(H,41,42)/t21?,23-,26?,27?,28-,29?,31-/m0/s1. The first kappa shape index (κ1) is 33.0.